The maximum absolute atomic E-state index is 12.0. The van der Waals surface area contributed by atoms with Crippen molar-refractivity contribution in [1.82, 2.24) is 0 Å². The number of rotatable bonds is 4. The van der Waals surface area contributed by atoms with Gasteiger partial charge in [-0.3, -0.25) is 9.59 Å². The van der Waals surface area contributed by atoms with Gasteiger partial charge in [0.2, 0.25) is 11.8 Å². The number of carbonyl (C=O) groups is 2. The maximum atomic E-state index is 12.0. The molecule has 0 aliphatic rings. The second-order valence-corrected chi connectivity index (χ2v) is 4.35. The standard InChI is InChI=1S/C16H16N2O2/c1-13(19)18(15-10-6-3-7-11-15)12-16(20)17-14-8-4-2-5-9-14/h2-11H,12H2,1H3,(H,17,20). The zero-order chi connectivity index (χ0) is 14.4. The summed E-state index contributed by atoms with van der Waals surface area (Å²) in [7, 11) is 0. The Morgan fingerprint density at radius 1 is 0.950 bits per heavy atom. The van der Waals surface area contributed by atoms with Crippen molar-refractivity contribution < 1.29 is 9.59 Å². The summed E-state index contributed by atoms with van der Waals surface area (Å²) in [5.74, 6) is -0.394. The molecule has 0 aromatic heterocycles. The van der Waals surface area contributed by atoms with E-state index in [0.717, 1.165) is 0 Å². The molecule has 4 nitrogen and oxygen atoms in total. The summed E-state index contributed by atoms with van der Waals surface area (Å²) in [6.45, 7) is 1.44. The van der Waals surface area contributed by atoms with E-state index in [1.54, 1.807) is 24.3 Å². The lowest BCUT2D eigenvalue weighted by atomic mass is 10.2. The molecule has 0 spiro atoms. The lowest BCUT2D eigenvalue weighted by molar-refractivity contribution is -0.120. The predicted molar refractivity (Wildman–Crippen MR) is 79.5 cm³/mol. The molecule has 0 heterocycles. The van der Waals surface area contributed by atoms with E-state index in [4.69, 9.17) is 0 Å². The van der Waals surface area contributed by atoms with Crippen LogP contribution in [0, 0.1) is 0 Å². The maximum Gasteiger partial charge on any atom is 0.244 e. The minimum Gasteiger partial charge on any atom is -0.325 e. The lowest BCUT2D eigenvalue weighted by Crippen LogP contribution is -2.36. The van der Waals surface area contributed by atoms with Gasteiger partial charge in [-0.1, -0.05) is 36.4 Å². The molecule has 0 fully saturated rings. The summed E-state index contributed by atoms with van der Waals surface area (Å²) in [5, 5.41) is 2.76. The Kier molecular flexibility index (Phi) is 4.50. The van der Waals surface area contributed by atoms with Crippen LogP contribution in [-0.4, -0.2) is 18.4 Å². The van der Waals surface area contributed by atoms with E-state index >= 15 is 0 Å². The van der Waals surface area contributed by atoms with Crippen molar-refractivity contribution in [3.05, 3.63) is 60.7 Å². The summed E-state index contributed by atoms with van der Waals surface area (Å²) in [6, 6.07) is 18.3. The van der Waals surface area contributed by atoms with Crippen LogP contribution < -0.4 is 10.2 Å². The van der Waals surface area contributed by atoms with Gasteiger partial charge in [-0.15, -0.1) is 0 Å². The molecule has 0 saturated carbocycles. The van der Waals surface area contributed by atoms with Gasteiger partial charge in [0, 0.05) is 18.3 Å². The average molecular weight is 268 g/mol. The number of nitrogens with one attached hydrogen (secondary N) is 1. The Bertz CT molecular complexity index is 582. The van der Waals surface area contributed by atoms with Crippen LogP contribution in [0.5, 0.6) is 0 Å². The number of hydrogen-bond acceptors (Lipinski definition) is 2. The molecule has 2 amide bonds. The third-order valence-electron chi connectivity index (χ3n) is 2.81. The second kappa shape index (κ2) is 6.52. The van der Waals surface area contributed by atoms with Crippen molar-refractivity contribution in [3.8, 4) is 0 Å². The molecule has 0 atom stereocenters. The minimum atomic E-state index is -0.227. The van der Waals surface area contributed by atoms with E-state index in [2.05, 4.69) is 5.32 Å². The van der Waals surface area contributed by atoms with Crippen LogP contribution in [0.4, 0.5) is 11.4 Å². The van der Waals surface area contributed by atoms with Gasteiger partial charge in [0.05, 0.1) is 0 Å². The Morgan fingerprint density at radius 3 is 2.05 bits per heavy atom. The van der Waals surface area contributed by atoms with Gasteiger partial charge in [0.1, 0.15) is 6.54 Å². The van der Waals surface area contributed by atoms with Gasteiger partial charge >= 0.3 is 0 Å². The Hall–Kier alpha value is -2.62. The first-order chi connectivity index (χ1) is 9.66. The molecular formula is C16H16N2O2. The highest BCUT2D eigenvalue weighted by Crippen LogP contribution is 2.13. The Balaban J connectivity index is 2.06. The van der Waals surface area contributed by atoms with Gasteiger partial charge in [-0.05, 0) is 24.3 Å². The largest absolute Gasteiger partial charge is 0.325 e. The molecule has 0 aliphatic carbocycles. The first-order valence-electron chi connectivity index (χ1n) is 6.35. The van der Waals surface area contributed by atoms with Crippen LogP contribution in [0.15, 0.2) is 60.7 Å². The first-order valence-corrected chi connectivity index (χ1v) is 6.35. The number of amides is 2. The molecular weight excluding hydrogens is 252 g/mol. The van der Waals surface area contributed by atoms with Crippen LogP contribution >= 0.6 is 0 Å². The topological polar surface area (TPSA) is 49.4 Å². The third-order valence-corrected chi connectivity index (χ3v) is 2.81. The summed E-state index contributed by atoms with van der Waals surface area (Å²) in [6.07, 6.45) is 0. The smallest absolute Gasteiger partial charge is 0.244 e. The van der Waals surface area contributed by atoms with Gasteiger partial charge < -0.3 is 10.2 Å². The Labute approximate surface area is 118 Å². The van der Waals surface area contributed by atoms with Gasteiger partial charge in [-0.25, -0.2) is 0 Å². The predicted octanol–water partition coefficient (Wildman–Crippen LogP) is 2.68. The quantitative estimate of drug-likeness (QED) is 0.926. The zero-order valence-electron chi connectivity index (χ0n) is 11.2. The molecule has 0 radical (unpaired) electrons. The molecule has 2 aromatic rings. The number of anilines is 2. The van der Waals surface area contributed by atoms with Gasteiger partial charge in [0.15, 0.2) is 0 Å². The van der Waals surface area contributed by atoms with Crippen LogP contribution in [-0.2, 0) is 9.59 Å². The normalized spacial score (nSPS) is 9.85. The fourth-order valence-electron chi connectivity index (χ4n) is 1.86. The molecule has 4 heteroatoms. The lowest BCUT2D eigenvalue weighted by Gasteiger charge is -2.20. The molecule has 102 valence electrons. The van der Waals surface area contributed by atoms with E-state index in [1.807, 2.05) is 36.4 Å². The second-order valence-electron chi connectivity index (χ2n) is 4.35. The molecule has 0 saturated heterocycles. The van der Waals surface area contributed by atoms with Gasteiger partial charge in [-0.2, -0.15) is 0 Å². The van der Waals surface area contributed by atoms with Crippen LogP contribution in [0.3, 0.4) is 0 Å². The van der Waals surface area contributed by atoms with Crippen molar-refractivity contribution in [2.24, 2.45) is 0 Å². The fraction of sp³-hybridized carbons (Fsp3) is 0.125. The number of hydrogen-bond donors (Lipinski definition) is 1. The fourth-order valence-corrected chi connectivity index (χ4v) is 1.86. The van der Waals surface area contributed by atoms with E-state index < -0.39 is 0 Å². The summed E-state index contributed by atoms with van der Waals surface area (Å²) in [5.41, 5.74) is 1.43. The van der Waals surface area contributed by atoms with Crippen LogP contribution in [0.25, 0.3) is 0 Å². The van der Waals surface area contributed by atoms with Crippen LogP contribution in [0.1, 0.15) is 6.92 Å². The molecule has 2 aromatic carbocycles. The summed E-state index contributed by atoms with van der Waals surface area (Å²) >= 11 is 0. The minimum absolute atomic E-state index is 0.00571. The molecule has 1 N–H and O–H groups in total. The van der Waals surface area contributed by atoms with Gasteiger partial charge in [0.25, 0.3) is 0 Å². The summed E-state index contributed by atoms with van der Waals surface area (Å²) < 4.78 is 0. The average Bonchev–Trinajstić information content (AvgIpc) is 2.46. The number of carbonyl (C=O) groups excluding carboxylic acids is 2. The van der Waals surface area contributed by atoms with Crippen molar-refractivity contribution in [2.45, 2.75) is 6.92 Å². The molecule has 0 aliphatic heterocycles. The highest BCUT2D eigenvalue weighted by atomic mass is 16.2. The van der Waals surface area contributed by atoms with Crippen molar-refractivity contribution in [3.63, 3.8) is 0 Å². The highest BCUT2D eigenvalue weighted by Gasteiger charge is 2.15. The first kappa shape index (κ1) is 13.8. The third kappa shape index (κ3) is 3.68. The molecule has 20 heavy (non-hydrogen) atoms. The zero-order valence-corrected chi connectivity index (χ0v) is 11.2. The monoisotopic (exact) mass is 268 g/mol. The van der Waals surface area contributed by atoms with Crippen LogP contribution in [0.2, 0.25) is 0 Å². The molecule has 0 unspecified atom stereocenters. The van der Waals surface area contributed by atoms with E-state index in [9.17, 15) is 9.59 Å². The van der Waals surface area contributed by atoms with Crippen molar-refractivity contribution in [1.29, 1.82) is 0 Å². The van der Waals surface area contributed by atoms with E-state index in [-0.39, 0.29) is 18.4 Å². The number of nitrogens with zero attached hydrogens (tertiary/aromatic N) is 1. The highest BCUT2D eigenvalue weighted by molar-refractivity contribution is 6.01. The number of benzene rings is 2. The molecule has 0 bridgehead atoms. The number of para-hydroxylation sites is 2. The van der Waals surface area contributed by atoms with E-state index in [1.165, 1.54) is 11.8 Å². The van der Waals surface area contributed by atoms with Crippen molar-refractivity contribution >= 4 is 23.2 Å². The summed E-state index contributed by atoms with van der Waals surface area (Å²) in [4.78, 5) is 25.1. The molecule has 2 rings (SSSR count). The van der Waals surface area contributed by atoms with E-state index in [0.29, 0.717) is 11.4 Å². The SMILES string of the molecule is CC(=O)N(CC(=O)Nc1ccccc1)c1ccccc1. The van der Waals surface area contributed by atoms with Crippen molar-refractivity contribution in [2.75, 3.05) is 16.8 Å². The Morgan fingerprint density at radius 2 is 1.50 bits per heavy atom.